The van der Waals surface area contributed by atoms with Gasteiger partial charge in [-0.15, -0.1) is 0 Å². The number of hydrogen-bond acceptors (Lipinski definition) is 4. The molecule has 0 unspecified atom stereocenters. The molecule has 1 aromatic rings. The second-order valence-corrected chi connectivity index (χ2v) is 6.89. The minimum absolute atomic E-state index is 0.0550. The lowest BCUT2D eigenvalue weighted by Crippen LogP contribution is -2.30. The Kier molecular flexibility index (Phi) is 5.12. The fraction of sp³-hybridized carbons (Fsp3) is 0.538. The van der Waals surface area contributed by atoms with Crippen molar-refractivity contribution in [2.24, 2.45) is 0 Å². The molecular formula is C13H18ClNO4S. The zero-order valence-corrected chi connectivity index (χ0v) is 12.8. The second kappa shape index (κ2) is 6.65. The van der Waals surface area contributed by atoms with E-state index < -0.39 is 10.0 Å². The van der Waals surface area contributed by atoms with Crippen molar-refractivity contribution in [3.05, 3.63) is 23.2 Å². The first-order valence-electron chi connectivity index (χ1n) is 6.46. The average molecular weight is 320 g/mol. The van der Waals surface area contributed by atoms with E-state index in [1.165, 1.54) is 7.11 Å². The van der Waals surface area contributed by atoms with Crippen LogP contribution in [0.2, 0.25) is 5.02 Å². The van der Waals surface area contributed by atoms with E-state index in [0.717, 1.165) is 19.3 Å². The predicted octanol–water partition coefficient (Wildman–Crippen LogP) is 2.66. The van der Waals surface area contributed by atoms with Gasteiger partial charge < -0.3 is 9.47 Å². The number of nitrogens with one attached hydrogen (secondary N) is 1. The van der Waals surface area contributed by atoms with Crippen LogP contribution in [0, 0.1) is 0 Å². The third-order valence-electron chi connectivity index (χ3n) is 3.12. The second-order valence-electron chi connectivity index (χ2n) is 4.72. The van der Waals surface area contributed by atoms with Gasteiger partial charge in [-0.1, -0.05) is 11.6 Å². The summed E-state index contributed by atoms with van der Waals surface area (Å²) in [5.41, 5.74) is 0.321. The molecule has 0 saturated carbocycles. The van der Waals surface area contributed by atoms with Gasteiger partial charge in [0.05, 0.1) is 29.7 Å². The maximum absolute atomic E-state index is 12.1. The molecule has 20 heavy (non-hydrogen) atoms. The number of ether oxygens (including phenoxy) is 2. The van der Waals surface area contributed by atoms with Crippen LogP contribution in [0.4, 0.5) is 5.69 Å². The van der Waals surface area contributed by atoms with Gasteiger partial charge in [0, 0.05) is 12.7 Å². The van der Waals surface area contributed by atoms with Crippen molar-refractivity contribution >= 4 is 27.3 Å². The predicted molar refractivity (Wildman–Crippen MR) is 79.0 cm³/mol. The van der Waals surface area contributed by atoms with Crippen LogP contribution in [0.15, 0.2) is 18.2 Å². The molecule has 0 amide bonds. The number of hydrogen-bond donors (Lipinski definition) is 1. The van der Waals surface area contributed by atoms with Gasteiger partial charge in [0.25, 0.3) is 0 Å². The first-order valence-corrected chi connectivity index (χ1v) is 8.49. The summed E-state index contributed by atoms with van der Waals surface area (Å²) < 4.78 is 37.3. The molecule has 1 aliphatic rings. The Balaban J connectivity index is 2.07. The summed E-state index contributed by atoms with van der Waals surface area (Å²) in [4.78, 5) is 0. The zero-order chi connectivity index (χ0) is 14.6. The summed E-state index contributed by atoms with van der Waals surface area (Å²) in [6.45, 7) is 0.625. The van der Waals surface area contributed by atoms with Crippen molar-refractivity contribution < 1.29 is 17.9 Å². The molecule has 0 radical (unpaired) electrons. The number of rotatable bonds is 5. The molecule has 5 nitrogen and oxygen atoms in total. The van der Waals surface area contributed by atoms with Gasteiger partial charge in [0.15, 0.2) is 0 Å². The number of methoxy groups -OCH3 is 1. The molecule has 0 bridgehead atoms. The molecule has 1 N–H and O–H groups in total. The van der Waals surface area contributed by atoms with Crippen LogP contribution in [-0.2, 0) is 14.8 Å². The Bertz CT molecular complexity index is 555. The highest BCUT2D eigenvalue weighted by molar-refractivity contribution is 7.92. The maximum Gasteiger partial charge on any atom is 0.235 e. The van der Waals surface area contributed by atoms with Gasteiger partial charge in [-0.2, -0.15) is 0 Å². The quantitative estimate of drug-likeness (QED) is 0.906. The molecule has 1 aromatic carbocycles. The van der Waals surface area contributed by atoms with Crippen LogP contribution in [0.1, 0.15) is 19.3 Å². The van der Waals surface area contributed by atoms with E-state index in [1.54, 1.807) is 18.2 Å². The van der Waals surface area contributed by atoms with E-state index in [1.807, 2.05) is 0 Å². The summed E-state index contributed by atoms with van der Waals surface area (Å²) in [5.74, 6) is 0.488. The van der Waals surface area contributed by atoms with E-state index in [9.17, 15) is 8.42 Å². The fourth-order valence-electron chi connectivity index (χ4n) is 2.10. The van der Waals surface area contributed by atoms with Crippen LogP contribution in [0.25, 0.3) is 0 Å². The topological polar surface area (TPSA) is 64.6 Å². The van der Waals surface area contributed by atoms with Crippen LogP contribution in [-0.4, -0.2) is 34.0 Å². The van der Waals surface area contributed by atoms with Crippen molar-refractivity contribution in [3.8, 4) is 5.75 Å². The van der Waals surface area contributed by atoms with Gasteiger partial charge in [-0.05, 0) is 31.4 Å². The molecule has 1 atom stereocenters. The maximum atomic E-state index is 12.1. The van der Waals surface area contributed by atoms with E-state index in [2.05, 4.69) is 4.72 Å². The average Bonchev–Trinajstić information content (AvgIpc) is 2.41. The van der Waals surface area contributed by atoms with Gasteiger partial charge >= 0.3 is 0 Å². The van der Waals surface area contributed by atoms with Crippen molar-refractivity contribution in [1.29, 1.82) is 0 Å². The lowest BCUT2D eigenvalue weighted by atomic mass is 10.1. The van der Waals surface area contributed by atoms with Crippen LogP contribution >= 0.6 is 11.6 Å². The van der Waals surface area contributed by atoms with Crippen LogP contribution < -0.4 is 9.46 Å². The Hall–Kier alpha value is -0.980. The Labute approximate surface area is 124 Å². The summed E-state index contributed by atoms with van der Waals surface area (Å²) in [7, 11) is -1.99. The van der Waals surface area contributed by atoms with Crippen LogP contribution in [0.3, 0.4) is 0 Å². The fourth-order valence-corrected chi connectivity index (χ4v) is 3.66. The molecule has 2 rings (SSSR count). The molecule has 1 saturated heterocycles. The first kappa shape index (κ1) is 15.4. The lowest BCUT2D eigenvalue weighted by Gasteiger charge is -2.22. The van der Waals surface area contributed by atoms with Crippen LogP contribution in [0.5, 0.6) is 5.75 Å². The Morgan fingerprint density at radius 2 is 2.25 bits per heavy atom. The lowest BCUT2D eigenvalue weighted by molar-refractivity contribution is 0.0306. The smallest absolute Gasteiger partial charge is 0.235 e. The Morgan fingerprint density at radius 3 is 2.90 bits per heavy atom. The summed E-state index contributed by atoms with van der Waals surface area (Å²) in [5, 5.41) is 0.332. The van der Waals surface area contributed by atoms with E-state index in [0.29, 0.717) is 23.1 Å². The standard InChI is InChI=1S/C13H18ClNO4S/c1-18-10-5-6-12(14)13(8-10)15-20(16,17)9-11-4-2-3-7-19-11/h5-6,8,11,15H,2-4,7,9H2,1H3/t11-/m1/s1. The molecule has 0 aromatic heterocycles. The molecule has 0 aliphatic carbocycles. The highest BCUT2D eigenvalue weighted by atomic mass is 35.5. The SMILES string of the molecule is COc1ccc(Cl)c(NS(=O)(=O)C[C@H]2CCCCO2)c1. The number of halogens is 1. The minimum Gasteiger partial charge on any atom is -0.497 e. The van der Waals surface area contributed by atoms with Crippen molar-refractivity contribution in [2.45, 2.75) is 25.4 Å². The van der Waals surface area contributed by atoms with Crippen molar-refractivity contribution in [2.75, 3.05) is 24.2 Å². The summed E-state index contributed by atoms with van der Waals surface area (Å²) >= 11 is 5.99. The van der Waals surface area contributed by atoms with E-state index in [-0.39, 0.29) is 11.9 Å². The molecule has 112 valence electrons. The minimum atomic E-state index is -3.50. The molecule has 1 heterocycles. The molecule has 1 aliphatic heterocycles. The molecule has 0 spiro atoms. The number of benzene rings is 1. The van der Waals surface area contributed by atoms with E-state index >= 15 is 0 Å². The highest BCUT2D eigenvalue weighted by Crippen LogP contribution is 2.28. The van der Waals surface area contributed by atoms with Crippen molar-refractivity contribution in [3.63, 3.8) is 0 Å². The number of sulfonamides is 1. The highest BCUT2D eigenvalue weighted by Gasteiger charge is 2.22. The van der Waals surface area contributed by atoms with E-state index in [4.69, 9.17) is 21.1 Å². The first-order chi connectivity index (χ1) is 9.50. The third-order valence-corrected chi connectivity index (χ3v) is 4.79. The zero-order valence-electron chi connectivity index (χ0n) is 11.3. The van der Waals surface area contributed by atoms with Gasteiger partial charge in [0.2, 0.25) is 10.0 Å². The van der Waals surface area contributed by atoms with Gasteiger partial charge in [0.1, 0.15) is 5.75 Å². The normalized spacial score (nSPS) is 19.6. The van der Waals surface area contributed by atoms with Gasteiger partial charge in [-0.3, -0.25) is 4.72 Å². The summed E-state index contributed by atoms with van der Waals surface area (Å²) in [6, 6.07) is 4.82. The number of anilines is 1. The van der Waals surface area contributed by atoms with Crippen molar-refractivity contribution in [1.82, 2.24) is 0 Å². The third kappa shape index (κ3) is 4.26. The monoisotopic (exact) mass is 319 g/mol. The molecule has 7 heteroatoms. The molecule has 1 fully saturated rings. The molecular weight excluding hydrogens is 302 g/mol. The van der Waals surface area contributed by atoms with Gasteiger partial charge in [-0.25, -0.2) is 8.42 Å². The Morgan fingerprint density at radius 1 is 1.45 bits per heavy atom. The summed E-state index contributed by atoms with van der Waals surface area (Å²) in [6.07, 6.45) is 2.52. The largest absolute Gasteiger partial charge is 0.497 e.